The molecule has 0 bridgehead atoms. The maximum atomic E-state index is 3.81. The fourth-order valence-corrected chi connectivity index (χ4v) is 4.19. The van der Waals surface area contributed by atoms with Gasteiger partial charge in [0.1, 0.15) is 0 Å². The number of anilines is 1. The van der Waals surface area contributed by atoms with Crippen LogP contribution in [0, 0.1) is 13.8 Å². The molecule has 1 heteroatoms. The van der Waals surface area contributed by atoms with Crippen LogP contribution in [0.1, 0.15) is 28.3 Å². The van der Waals surface area contributed by atoms with Crippen LogP contribution >= 0.6 is 0 Å². The zero-order chi connectivity index (χ0) is 17.7. The van der Waals surface area contributed by atoms with E-state index in [9.17, 15) is 0 Å². The Morgan fingerprint density at radius 3 is 2.35 bits per heavy atom. The summed E-state index contributed by atoms with van der Waals surface area (Å²) in [6.45, 7) is 4.45. The minimum atomic E-state index is 0.197. The topological polar surface area (TPSA) is 12.0 Å². The van der Waals surface area contributed by atoms with Crippen LogP contribution in [0.25, 0.3) is 21.9 Å². The first-order valence-corrected chi connectivity index (χ1v) is 9.17. The minimum Gasteiger partial charge on any atom is -0.374 e. The van der Waals surface area contributed by atoms with Gasteiger partial charge in [-0.25, -0.2) is 0 Å². The van der Waals surface area contributed by atoms with Crippen molar-refractivity contribution in [1.29, 1.82) is 0 Å². The number of rotatable bonds is 2. The Morgan fingerprint density at radius 1 is 0.692 bits per heavy atom. The molecule has 26 heavy (non-hydrogen) atoms. The average molecular weight is 335 g/mol. The predicted molar refractivity (Wildman–Crippen MR) is 111 cm³/mol. The molecule has 1 nitrogen and oxygen atoms in total. The molecule has 1 atom stereocenters. The number of hydrogen-bond acceptors (Lipinski definition) is 1. The normalized spacial score (nSPS) is 14.9. The van der Waals surface area contributed by atoms with Crippen LogP contribution in [0.2, 0.25) is 0 Å². The molecule has 1 N–H and O–H groups in total. The Bertz CT molecular complexity index is 1140. The van der Waals surface area contributed by atoms with Crippen LogP contribution < -0.4 is 5.32 Å². The van der Waals surface area contributed by atoms with Crippen LogP contribution in [0.3, 0.4) is 0 Å². The zero-order valence-electron chi connectivity index (χ0n) is 15.1. The van der Waals surface area contributed by atoms with Crippen molar-refractivity contribution in [1.82, 2.24) is 0 Å². The molecule has 0 aliphatic heterocycles. The maximum absolute atomic E-state index is 3.81. The van der Waals surface area contributed by atoms with Crippen LogP contribution in [0.5, 0.6) is 0 Å². The van der Waals surface area contributed by atoms with E-state index in [1.54, 1.807) is 0 Å². The van der Waals surface area contributed by atoms with Gasteiger partial charge in [-0.05, 0) is 70.1 Å². The highest BCUT2D eigenvalue weighted by Crippen LogP contribution is 2.47. The van der Waals surface area contributed by atoms with Crippen molar-refractivity contribution in [2.24, 2.45) is 0 Å². The first-order valence-electron chi connectivity index (χ1n) is 9.17. The fourth-order valence-electron chi connectivity index (χ4n) is 4.19. The van der Waals surface area contributed by atoms with Gasteiger partial charge in [-0.3, -0.25) is 0 Å². The number of aryl methyl sites for hydroxylation is 1. The second-order valence-electron chi connectivity index (χ2n) is 7.20. The lowest BCUT2D eigenvalue weighted by molar-refractivity contribution is 0.957. The Labute approximate surface area is 154 Å². The number of hydrogen-bond donors (Lipinski definition) is 1. The van der Waals surface area contributed by atoms with Crippen molar-refractivity contribution in [3.05, 3.63) is 101 Å². The third-order valence-corrected chi connectivity index (χ3v) is 5.70. The molecule has 1 aliphatic rings. The first-order chi connectivity index (χ1) is 12.7. The summed E-state index contributed by atoms with van der Waals surface area (Å²) in [6, 6.07) is 28.6. The van der Waals surface area contributed by atoms with Gasteiger partial charge in [0.15, 0.2) is 0 Å². The summed E-state index contributed by atoms with van der Waals surface area (Å²) < 4.78 is 0. The smallest absolute Gasteiger partial charge is 0.0782 e. The van der Waals surface area contributed by atoms with Crippen molar-refractivity contribution in [2.75, 3.05) is 5.32 Å². The van der Waals surface area contributed by atoms with Gasteiger partial charge in [0, 0.05) is 5.69 Å². The largest absolute Gasteiger partial charge is 0.374 e. The average Bonchev–Trinajstić information content (AvgIpc) is 2.99. The molecular weight excluding hydrogens is 314 g/mol. The maximum Gasteiger partial charge on any atom is 0.0782 e. The lowest BCUT2D eigenvalue weighted by atomic mass is 9.95. The highest BCUT2D eigenvalue weighted by Gasteiger charge is 2.30. The Balaban J connectivity index is 1.65. The summed E-state index contributed by atoms with van der Waals surface area (Å²) in [4.78, 5) is 0. The van der Waals surface area contributed by atoms with Crippen LogP contribution in [-0.4, -0.2) is 0 Å². The number of nitrogens with one attached hydrogen (secondary N) is 1. The first kappa shape index (κ1) is 15.2. The Kier molecular flexibility index (Phi) is 3.36. The van der Waals surface area contributed by atoms with E-state index < -0.39 is 0 Å². The lowest BCUT2D eigenvalue weighted by Crippen LogP contribution is -2.11. The van der Waals surface area contributed by atoms with E-state index in [-0.39, 0.29) is 6.04 Å². The molecular formula is C25H21N. The fraction of sp³-hybridized carbons (Fsp3) is 0.120. The molecule has 1 unspecified atom stereocenters. The van der Waals surface area contributed by atoms with Gasteiger partial charge >= 0.3 is 0 Å². The molecule has 126 valence electrons. The van der Waals surface area contributed by atoms with Gasteiger partial charge in [0.2, 0.25) is 0 Å². The van der Waals surface area contributed by atoms with Crippen LogP contribution in [0.4, 0.5) is 5.69 Å². The number of fused-ring (bicyclic) bond motifs is 4. The SMILES string of the molecule is Cc1ccc2c(c1C)C(Nc1ccc3ccccc3c1)c1ccccc1-2. The summed E-state index contributed by atoms with van der Waals surface area (Å²) >= 11 is 0. The second-order valence-corrected chi connectivity index (χ2v) is 7.20. The van der Waals surface area contributed by atoms with E-state index in [2.05, 4.69) is 98.0 Å². The van der Waals surface area contributed by atoms with Gasteiger partial charge in [-0.1, -0.05) is 66.7 Å². The van der Waals surface area contributed by atoms with Crippen molar-refractivity contribution in [3.63, 3.8) is 0 Å². The summed E-state index contributed by atoms with van der Waals surface area (Å²) in [5, 5.41) is 6.36. The highest BCUT2D eigenvalue weighted by atomic mass is 14.9. The van der Waals surface area contributed by atoms with Crippen molar-refractivity contribution in [3.8, 4) is 11.1 Å². The molecule has 4 aromatic rings. The molecule has 5 rings (SSSR count). The summed E-state index contributed by atoms with van der Waals surface area (Å²) in [6.07, 6.45) is 0. The van der Waals surface area contributed by atoms with E-state index in [4.69, 9.17) is 0 Å². The molecule has 0 amide bonds. The van der Waals surface area contributed by atoms with Crippen molar-refractivity contribution in [2.45, 2.75) is 19.9 Å². The monoisotopic (exact) mass is 335 g/mol. The zero-order valence-corrected chi connectivity index (χ0v) is 15.1. The van der Waals surface area contributed by atoms with Crippen LogP contribution in [-0.2, 0) is 0 Å². The van der Waals surface area contributed by atoms with Gasteiger partial charge in [-0.15, -0.1) is 0 Å². The molecule has 0 saturated carbocycles. The Morgan fingerprint density at radius 2 is 1.46 bits per heavy atom. The van der Waals surface area contributed by atoms with Gasteiger partial charge < -0.3 is 5.32 Å². The molecule has 0 fully saturated rings. The van der Waals surface area contributed by atoms with Gasteiger partial charge in [0.05, 0.1) is 6.04 Å². The van der Waals surface area contributed by atoms with E-state index in [0.717, 1.165) is 5.69 Å². The summed E-state index contributed by atoms with van der Waals surface area (Å²) in [7, 11) is 0. The predicted octanol–water partition coefficient (Wildman–Crippen LogP) is 6.64. The summed E-state index contributed by atoms with van der Waals surface area (Å²) in [5.41, 5.74) is 9.39. The quantitative estimate of drug-likeness (QED) is 0.433. The molecule has 4 aromatic carbocycles. The van der Waals surface area contributed by atoms with Gasteiger partial charge in [0.25, 0.3) is 0 Å². The molecule has 0 radical (unpaired) electrons. The molecule has 0 aromatic heterocycles. The molecule has 0 saturated heterocycles. The molecule has 1 aliphatic carbocycles. The Hall–Kier alpha value is -3.06. The van der Waals surface area contributed by atoms with E-state index in [0.29, 0.717) is 0 Å². The molecule has 0 spiro atoms. The highest BCUT2D eigenvalue weighted by molar-refractivity contribution is 5.87. The minimum absolute atomic E-state index is 0.197. The lowest BCUT2D eigenvalue weighted by Gasteiger charge is -2.20. The van der Waals surface area contributed by atoms with E-state index in [1.165, 1.54) is 44.2 Å². The standard InChI is InChI=1S/C25H21N/c1-16-11-14-22-21-9-5-6-10-23(21)25(24(22)17(16)2)26-20-13-12-18-7-3-4-8-19(18)15-20/h3-15,25-26H,1-2H3. The number of benzene rings is 4. The van der Waals surface area contributed by atoms with Gasteiger partial charge in [-0.2, -0.15) is 0 Å². The van der Waals surface area contributed by atoms with E-state index >= 15 is 0 Å². The summed E-state index contributed by atoms with van der Waals surface area (Å²) in [5.74, 6) is 0. The molecule has 0 heterocycles. The third-order valence-electron chi connectivity index (χ3n) is 5.70. The third kappa shape index (κ3) is 2.24. The second kappa shape index (κ2) is 5.74. The van der Waals surface area contributed by atoms with Crippen LogP contribution in [0.15, 0.2) is 78.9 Å². The van der Waals surface area contributed by atoms with Crippen molar-refractivity contribution < 1.29 is 0 Å². The van der Waals surface area contributed by atoms with E-state index in [1.807, 2.05) is 0 Å². The van der Waals surface area contributed by atoms with Crippen molar-refractivity contribution >= 4 is 16.5 Å².